The molecule has 0 aromatic heterocycles. The Balaban J connectivity index is 2.57. The third-order valence-corrected chi connectivity index (χ3v) is 4.06. The maximum atomic E-state index is 14.2. The highest BCUT2D eigenvalue weighted by atomic mass is 32.1. The van der Waals surface area contributed by atoms with E-state index in [2.05, 4.69) is 10.6 Å². The third-order valence-electron chi connectivity index (χ3n) is 3.84. The molecule has 2 N–H and O–H groups in total. The molecule has 0 aliphatic carbocycles. The number of nitrogens with zero attached hydrogens (tertiary/aromatic N) is 1. The molecule has 1 aliphatic rings. The molecule has 0 bridgehead atoms. The Kier molecular flexibility index (Phi) is 5.30. The summed E-state index contributed by atoms with van der Waals surface area (Å²) in [6.07, 6.45) is 0. The number of rotatable bonds is 4. The molecule has 1 heterocycles. The molecule has 1 aromatic carbocycles. The van der Waals surface area contributed by atoms with Crippen LogP contribution < -0.4 is 10.6 Å². The normalized spacial score (nSPS) is 17.6. The second-order valence-corrected chi connectivity index (χ2v) is 5.59. The second-order valence-electron chi connectivity index (χ2n) is 5.18. The van der Waals surface area contributed by atoms with Gasteiger partial charge < -0.3 is 15.5 Å². The number of allylic oxidation sites excluding steroid dienone is 1. The topological polar surface area (TPSA) is 44.4 Å². The summed E-state index contributed by atoms with van der Waals surface area (Å²) in [4.78, 5) is 14.4. The Labute approximate surface area is 139 Å². The average molecular weight is 339 g/mol. The molecule has 1 atom stereocenters. The number of likely N-dealkylation sites (N-methyl/N-ethyl adjacent to an activating group) is 1. The van der Waals surface area contributed by atoms with Gasteiger partial charge in [0.2, 0.25) is 0 Å². The molecule has 4 nitrogen and oxygen atoms in total. The first-order chi connectivity index (χ1) is 10.9. The van der Waals surface area contributed by atoms with E-state index in [0.717, 1.165) is 0 Å². The van der Waals surface area contributed by atoms with Crippen LogP contribution in [0.25, 0.3) is 0 Å². The number of halogens is 2. The van der Waals surface area contributed by atoms with Crippen molar-refractivity contribution < 1.29 is 13.6 Å². The molecule has 0 radical (unpaired) electrons. The molecular weight excluding hydrogens is 320 g/mol. The zero-order valence-corrected chi connectivity index (χ0v) is 14.1. The molecule has 7 heteroatoms. The van der Waals surface area contributed by atoms with Crippen LogP contribution in [0.2, 0.25) is 0 Å². The van der Waals surface area contributed by atoms with Crippen molar-refractivity contribution in [3.05, 3.63) is 46.7 Å². The smallest absolute Gasteiger partial charge is 0.253 e. The number of hydrogen-bond acceptors (Lipinski definition) is 2. The quantitative estimate of drug-likeness (QED) is 0.828. The molecule has 23 heavy (non-hydrogen) atoms. The van der Waals surface area contributed by atoms with Crippen molar-refractivity contribution in [3.63, 3.8) is 0 Å². The number of amides is 1. The minimum atomic E-state index is -0.960. The molecule has 2 rings (SSSR count). The fraction of sp³-hybridized carbons (Fsp3) is 0.375. The van der Waals surface area contributed by atoms with Crippen molar-refractivity contribution in [2.24, 2.45) is 0 Å². The van der Waals surface area contributed by atoms with Gasteiger partial charge in [-0.25, -0.2) is 8.78 Å². The van der Waals surface area contributed by atoms with E-state index in [4.69, 9.17) is 12.2 Å². The summed E-state index contributed by atoms with van der Waals surface area (Å²) in [6, 6.07) is 2.66. The maximum Gasteiger partial charge on any atom is 0.253 e. The van der Waals surface area contributed by atoms with Crippen LogP contribution in [0.4, 0.5) is 8.78 Å². The summed E-state index contributed by atoms with van der Waals surface area (Å²) >= 11 is 5.08. The van der Waals surface area contributed by atoms with E-state index in [-0.39, 0.29) is 22.2 Å². The zero-order valence-electron chi connectivity index (χ0n) is 13.2. The summed E-state index contributed by atoms with van der Waals surface area (Å²) in [5.74, 6) is -1.71. The van der Waals surface area contributed by atoms with E-state index in [1.54, 1.807) is 11.8 Å². The molecule has 0 spiro atoms. The standard InChI is InChI=1S/C16H19F2N3OS/c1-4-21(5-2)15(22)12-9(3)19-16(23)20-14(12)13-10(17)7-6-8-11(13)18/h6-8,14H,4-5H2,1-3H3,(H2,19,20,23)/t14-/m0/s1. The fourth-order valence-corrected chi connectivity index (χ4v) is 2.93. The molecule has 0 saturated carbocycles. The first-order valence-electron chi connectivity index (χ1n) is 7.42. The highest BCUT2D eigenvalue weighted by Gasteiger charge is 2.34. The van der Waals surface area contributed by atoms with Crippen LogP contribution in [0.3, 0.4) is 0 Å². The average Bonchev–Trinajstić information content (AvgIpc) is 2.47. The largest absolute Gasteiger partial charge is 0.351 e. The number of benzene rings is 1. The monoisotopic (exact) mass is 339 g/mol. The van der Waals surface area contributed by atoms with Crippen LogP contribution >= 0.6 is 12.2 Å². The van der Waals surface area contributed by atoms with E-state index in [1.165, 1.54) is 18.2 Å². The molecule has 1 amide bonds. The lowest BCUT2D eigenvalue weighted by atomic mass is 9.93. The van der Waals surface area contributed by atoms with E-state index in [1.807, 2.05) is 13.8 Å². The van der Waals surface area contributed by atoms with Crippen molar-refractivity contribution in [2.45, 2.75) is 26.8 Å². The van der Waals surface area contributed by atoms with Gasteiger partial charge >= 0.3 is 0 Å². The lowest BCUT2D eigenvalue weighted by molar-refractivity contribution is -0.127. The van der Waals surface area contributed by atoms with Crippen LogP contribution in [0, 0.1) is 11.6 Å². The predicted molar refractivity (Wildman–Crippen MR) is 88.6 cm³/mol. The molecular formula is C16H19F2N3OS. The number of thiocarbonyl (C=S) groups is 1. The van der Waals surface area contributed by atoms with Gasteiger partial charge in [0.05, 0.1) is 17.2 Å². The van der Waals surface area contributed by atoms with Crippen LogP contribution in [-0.4, -0.2) is 29.0 Å². The van der Waals surface area contributed by atoms with Crippen molar-refractivity contribution in [1.82, 2.24) is 15.5 Å². The highest BCUT2D eigenvalue weighted by Crippen LogP contribution is 2.31. The first-order valence-corrected chi connectivity index (χ1v) is 7.82. The minimum Gasteiger partial charge on any atom is -0.351 e. The van der Waals surface area contributed by atoms with E-state index in [9.17, 15) is 13.6 Å². The summed E-state index contributed by atoms with van der Waals surface area (Å²) in [6.45, 7) is 6.39. The van der Waals surface area contributed by atoms with Crippen LogP contribution in [0.5, 0.6) is 0 Å². The van der Waals surface area contributed by atoms with Gasteiger partial charge in [-0.05, 0) is 45.1 Å². The molecule has 0 saturated heterocycles. The predicted octanol–water partition coefficient (Wildman–Crippen LogP) is 2.63. The highest BCUT2D eigenvalue weighted by molar-refractivity contribution is 7.80. The van der Waals surface area contributed by atoms with Crippen LogP contribution in [0.15, 0.2) is 29.5 Å². The first kappa shape index (κ1) is 17.3. The lowest BCUT2D eigenvalue weighted by Gasteiger charge is -2.33. The van der Waals surface area contributed by atoms with Gasteiger partial charge in [0, 0.05) is 18.8 Å². The molecule has 1 aliphatic heterocycles. The SMILES string of the molecule is CCN(CC)C(=O)C1=C(C)NC(=S)N[C@@H]1c1c(F)cccc1F. The summed E-state index contributed by atoms with van der Waals surface area (Å²) in [5, 5.41) is 5.90. The third kappa shape index (κ3) is 3.34. The second kappa shape index (κ2) is 7.04. The Bertz CT molecular complexity index is 651. The number of hydrogen-bond donors (Lipinski definition) is 2. The van der Waals surface area contributed by atoms with E-state index < -0.39 is 17.7 Å². The van der Waals surface area contributed by atoms with Gasteiger partial charge in [-0.15, -0.1) is 0 Å². The molecule has 1 aromatic rings. The molecule has 124 valence electrons. The van der Waals surface area contributed by atoms with Gasteiger partial charge in [0.15, 0.2) is 5.11 Å². The van der Waals surface area contributed by atoms with Crippen LogP contribution in [-0.2, 0) is 4.79 Å². The maximum absolute atomic E-state index is 14.2. The van der Waals surface area contributed by atoms with Gasteiger partial charge in [-0.2, -0.15) is 0 Å². The van der Waals surface area contributed by atoms with Crippen molar-refractivity contribution in [1.29, 1.82) is 0 Å². The van der Waals surface area contributed by atoms with Crippen molar-refractivity contribution >= 4 is 23.2 Å². The Hall–Kier alpha value is -2.02. The van der Waals surface area contributed by atoms with Gasteiger partial charge in [0.1, 0.15) is 11.6 Å². The minimum absolute atomic E-state index is 0.203. The summed E-state index contributed by atoms with van der Waals surface area (Å²) in [5.41, 5.74) is 0.566. The van der Waals surface area contributed by atoms with E-state index >= 15 is 0 Å². The van der Waals surface area contributed by atoms with Gasteiger partial charge in [-0.3, -0.25) is 4.79 Å². The lowest BCUT2D eigenvalue weighted by Crippen LogP contribution is -2.48. The van der Waals surface area contributed by atoms with Crippen LogP contribution in [0.1, 0.15) is 32.4 Å². The Morgan fingerprint density at radius 2 is 1.83 bits per heavy atom. The number of carbonyl (C=O) groups is 1. The molecule has 0 unspecified atom stereocenters. The fourth-order valence-electron chi connectivity index (χ4n) is 2.66. The zero-order chi connectivity index (χ0) is 17.1. The van der Waals surface area contributed by atoms with Crippen molar-refractivity contribution in [2.75, 3.05) is 13.1 Å². The number of nitrogens with one attached hydrogen (secondary N) is 2. The summed E-state index contributed by atoms with van der Waals surface area (Å²) in [7, 11) is 0. The van der Waals surface area contributed by atoms with Gasteiger partial charge in [0.25, 0.3) is 5.91 Å². The van der Waals surface area contributed by atoms with Gasteiger partial charge in [-0.1, -0.05) is 6.07 Å². The molecule has 0 fully saturated rings. The van der Waals surface area contributed by atoms with E-state index in [0.29, 0.717) is 18.8 Å². The van der Waals surface area contributed by atoms with Crippen molar-refractivity contribution in [3.8, 4) is 0 Å². The summed E-state index contributed by atoms with van der Waals surface area (Å²) < 4.78 is 28.4. The Morgan fingerprint density at radius 3 is 2.35 bits per heavy atom. The Morgan fingerprint density at radius 1 is 1.26 bits per heavy atom. The number of carbonyl (C=O) groups excluding carboxylic acids is 1.